The van der Waals surface area contributed by atoms with E-state index in [1.54, 1.807) is 5.56 Å². The van der Waals surface area contributed by atoms with Crippen LogP contribution in [0.5, 0.6) is 0 Å². The van der Waals surface area contributed by atoms with Crippen molar-refractivity contribution in [1.82, 2.24) is 0 Å². The number of benzene rings is 1. The predicted molar refractivity (Wildman–Crippen MR) is 50.5 cm³/mol. The van der Waals surface area contributed by atoms with E-state index in [1.807, 2.05) is 0 Å². The fourth-order valence-electron chi connectivity index (χ4n) is 2.24. The first-order valence-corrected chi connectivity index (χ1v) is 4.69. The molecule has 1 nitrogen and oxygen atoms in total. The Labute approximate surface area is 72.8 Å². The lowest BCUT2D eigenvalue weighted by atomic mass is 10.0. The van der Waals surface area contributed by atoms with E-state index in [1.165, 1.54) is 24.2 Å². The molecule has 0 aromatic heterocycles. The molecule has 3 rings (SSSR count). The van der Waals surface area contributed by atoms with Gasteiger partial charge in [-0.25, -0.2) is 0 Å². The van der Waals surface area contributed by atoms with Crippen LogP contribution in [0.2, 0.25) is 0 Å². The zero-order valence-corrected chi connectivity index (χ0v) is 7.30. The van der Waals surface area contributed by atoms with Crippen LogP contribution in [0.15, 0.2) is 18.2 Å². The molecule has 62 valence electrons. The van der Waals surface area contributed by atoms with Crippen molar-refractivity contribution < 1.29 is 0 Å². The predicted octanol–water partition coefficient (Wildman–Crippen LogP) is 2.52. The van der Waals surface area contributed by atoms with Crippen LogP contribution in [-0.4, -0.2) is 6.54 Å². The maximum Gasteiger partial charge on any atom is 0.0378 e. The van der Waals surface area contributed by atoms with Crippen molar-refractivity contribution in [3.8, 4) is 0 Å². The third kappa shape index (κ3) is 0.795. The molecule has 1 N–H and O–H groups in total. The summed E-state index contributed by atoms with van der Waals surface area (Å²) in [6, 6.07) is 6.78. The first-order chi connectivity index (χ1) is 5.84. The number of rotatable bonds is 0. The monoisotopic (exact) mass is 159 g/mol. The van der Waals surface area contributed by atoms with Crippen LogP contribution in [0.25, 0.3) is 0 Å². The van der Waals surface area contributed by atoms with Gasteiger partial charge in [0.05, 0.1) is 0 Å². The molecule has 2 unspecified atom stereocenters. The topological polar surface area (TPSA) is 12.0 Å². The van der Waals surface area contributed by atoms with Gasteiger partial charge in [-0.1, -0.05) is 12.1 Å². The van der Waals surface area contributed by atoms with Crippen LogP contribution in [0, 0.1) is 12.8 Å². The first kappa shape index (κ1) is 6.53. The second kappa shape index (κ2) is 2.03. The summed E-state index contributed by atoms with van der Waals surface area (Å²) in [4.78, 5) is 0. The Balaban J connectivity index is 2.12. The van der Waals surface area contributed by atoms with Gasteiger partial charge in [-0.3, -0.25) is 0 Å². The molecule has 0 amide bonds. The molecule has 1 heterocycles. The fraction of sp³-hybridized carbons (Fsp3) is 0.455. The van der Waals surface area contributed by atoms with Crippen LogP contribution < -0.4 is 5.32 Å². The molecule has 1 heteroatoms. The Morgan fingerprint density at radius 2 is 2.33 bits per heavy atom. The third-order valence-electron chi connectivity index (χ3n) is 3.09. The van der Waals surface area contributed by atoms with Crippen LogP contribution in [-0.2, 0) is 0 Å². The van der Waals surface area contributed by atoms with Gasteiger partial charge in [0.2, 0.25) is 0 Å². The van der Waals surface area contributed by atoms with E-state index in [9.17, 15) is 0 Å². The smallest absolute Gasteiger partial charge is 0.0378 e. The molecule has 2 atom stereocenters. The van der Waals surface area contributed by atoms with E-state index >= 15 is 0 Å². The lowest BCUT2D eigenvalue weighted by Crippen LogP contribution is -2.11. The van der Waals surface area contributed by atoms with Crippen molar-refractivity contribution in [2.75, 3.05) is 11.9 Å². The van der Waals surface area contributed by atoms with Gasteiger partial charge in [0.15, 0.2) is 0 Å². The number of anilines is 1. The highest BCUT2D eigenvalue weighted by molar-refractivity contribution is 5.59. The minimum absolute atomic E-state index is 0.891. The minimum atomic E-state index is 0.891. The summed E-state index contributed by atoms with van der Waals surface area (Å²) in [7, 11) is 0. The molecule has 1 aliphatic carbocycles. The first-order valence-electron chi connectivity index (χ1n) is 4.69. The average Bonchev–Trinajstić information content (AvgIpc) is 2.82. The lowest BCUT2D eigenvalue weighted by molar-refractivity contribution is 0.816. The molecule has 12 heavy (non-hydrogen) atoms. The number of nitrogens with one attached hydrogen (secondary N) is 1. The molecule has 1 fully saturated rings. The summed E-state index contributed by atoms with van der Waals surface area (Å²) < 4.78 is 0. The Morgan fingerprint density at radius 1 is 1.42 bits per heavy atom. The minimum Gasteiger partial charge on any atom is -0.385 e. The summed E-state index contributed by atoms with van der Waals surface area (Å²) in [6.45, 7) is 3.35. The molecule has 0 radical (unpaired) electrons. The summed E-state index contributed by atoms with van der Waals surface area (Å²) in [5.74, 6) is 1.84. The lowest BCUT2D eigenvalue weighted by Gasteiger charge is -2.17. The molecule has 0 spiro atoms. The molecule has 1 saturated carbocycles. The van der Waals surface area contributed by atoms with Crippen LogP contribution in [0.1, 0.15) is 23.5 Å². The van der Waals surface area contributed by atoms with Gasteiger partial charge in [-0.05, 0) is 42.4 Å². The second-order valence-electron chi connectivity index (χ2n) is 4.07. The van der Waals surface area contributed by atoms with Gasteiger partial charge in [0.1, 0.15) is 0 Å². The maximum absolute atomic E-state index is 3.49. The standard InChI is InChI=1S/C11H13N/c1-7-2-3-9-10-5-8(10)6-12-11(9)4-7/h2-4,8,10,12H,5-6H2,1H3. The van der Waals surface area contributed by atoms with E-state index in [2.05, 4.69) is 30.4 Å². The molecule has 0 saturated heterocycles. The van der Waals surface area contributed by atoms with E-state index in [0.717, 1.165) is 11.8 Å². The molecule has 1 aromatic carbocycles. The van der Waals surface area contributed by atoms with Crippen LogP contribution in [0.3, 0.4) is 0 Å². The Kier molecular flexibility index (Phi) is 1.11. The molecular weight excluding hydrogens is 146 g/mol. The highest BCUT2D eigenvalue weighted by atomic mass is 14.9. The van der Waals surface area contributed by atoms with E-state index in [0.29, 0.717) is 0 Å². The average molecular weight is 159 g/mol. The van der Waals surface area contributed by atoms with Crippen molar-refractivity contribution in [2.24, 2.45) is 5.92 Å². The summed E-state index contributed by atoms with van der Waals surface area (Å²) >= 11 is 0. The number of hydrogen-bond acceptors (Lipinski definition) is 1. The number of hydrogen-bond donors (Lipinski definition) is 1. The van der Waals surface area contributed by atoms with Crippen molar-refractivity contribution in [2.45, 2.75) is 19.3 Å². The number of aryl methyl sites for hydroxylation is 1. The molecule has 1 aliphatic heterocycles. The molecule has 0 bridgehead atoms. The normalized spacial score (nSPS) is 30.1. The number of fused-ring (bicyclic) bond motifs is 3. The van der Waals surface area contributed by atoms with E-state index < -0.39 is 0 Å². The van der Waals surface area contributed by atoms with E-state index in [4.69, 9.17) is 0 Å². The van der Waals surface area contributed by atoms with Gasteiger partial charge in [-0.2, -0.15) is 0 Å². The van der Waals surface area contributed by atoms with Gasteiger partial charge in [0.25, 0.3) is 0 Å². The molecular formula is C11H13N. The third-order valence-corrected chi connectivity index (χ3v) is 3.09. The van der Waals surface area contributed by atoms with Crippen molar-refractivity contribution in [3.63, 3.8) is 0 Å². The van der Waals surface area contributed by atoms with Crippen molar-refractivity contribution in [1.29, 1.82) is 0 Å². The second-order valence-corrected chi connectivity index (χ2v) is 4.07. The fourth-order valence-corrected chi connectivity index (χ4v) is 2.24. The highest BCUT2D eigenvalue weighted by Crippen LogP contribution is 2.52. The Bertz CT molecular complexity index is 330. The van der Waals surface area contributed by atoms with Gasteiger partial charge < -0.3 is 5.32 Å². The highest BCUT2D eigenvalue weighted by Gasteiger charge is 2.41. The van der Waals surface area contributed by atoms with Gasteiger partial charge >= 0.3 is 0 Å². The molecule has 2 aliphatic rings. The Morgan fingerprint density at radius 3 is 3.25 bits per heavy atom. The zero-order valence-electron chi connectivity index (χ0n) is 7.30. The van der Waals surface area contributed by atoms with Gasteiger partial charge in [0, 0.05) is 12.2 Å². The summed E-state index contributed by atoms with van der Waals surface area (Å²) in [5.41, 5.74) is 4.30. The summed E-state index contributed by atoms with van der Waals surface area (Å²) in [5, 5.41) is 3.49. The van der Waals surface area contributed by atoms with E-state index in [-0.39, 0.29) is 0 Å². The van der Waals surface area contributed by atoms with Gasteiger partial charge in [-0.15, -0.1) is 0 Å². The van der Waals surface area contributed by atoms with Crippen LogP contribution in [0.4, 0.5) is 5.69 Å². The zero-order chi connectivity index (χ0) is 8.13. The van der Waals surface area contributed by atoms with Crippen molar-refractivity contribution >= 4 is 5.69 Å². The Hall–Kier alpha value is -0.980. The molecule has 1 aromatic rings. The van der Waals surface area contributed by atoms with Crippen LogP contribution >= 0.6 is 0 Å². The maximum atomic E-state index is 3.49. The summed E-state index contributed by atoms with van der Waals surface area (Å²) in [6.07, 6.45) is 1.41. The van der Waals surface area contributed by atoms with Crippen molar-refractivity contribution in [3.05, 3.63) is 29.3 Å². The SMILES string of the molecule is Cc1ccc2c(c1)NCC1CC21. The largest absolute Gasteiger partial charge is 0.385 e. The quantitative estimate of drug-likeness (QED) is 0.613.